The van der Waals surface area contributed by atoms with Gasteiger partial charge in [-0.3, -0.25) is 15.4 Å². The predicted octanol–water partition coefficient (Wildman–Crippen LogP) is 2.70. The van der Waals surface area contributed by atoms with Crippen molar-refractivity contribution in [3.05, 3.63) is 80.0 Å². The van der Waals surface area contributed by atoms with Crippen molar-refractivity contribution in [3.8, 4) is 0 Å². The van der Waals surface area contributed by atoms with Gasteiger partial charge in [-0.1, -0.05) is 6.08 Å². The fraction of sp³-hybridized carbons (Fsp3) is 0.407. The third-order valence-corrected chi connectivity index (χ3v) is 6.35. The van der Waals surface area contributed by atoms with Gasteiger partial charge in [0.2, 0.25) is 0 Å². The van der Waals surface area contributed by atoms with Crippen molar-refractivity contribution in [2.24, 2.45) is 11.6 Å². The van der Waals surface area contributed by atoms with Crippen LogP contribution in [0, 0.1) is 20.8 Å². The third-order valence-electron chi connectivity index (χ3n) is 6.35. The van der Waals surface area contributed by atoms with Crippen LogP contribution >= 0.6 is 0 Å². The Kier molecular flexibility index (Phi) is 8.60. The molecule has 0 spiro atoms. The lowest BCUT2D eigenvalue weighted by Crippen LogP contribution is -2.32. The maximum atomic E-state index is 13.3. The molecule has 1 fully saturated rings. The average molecular weight is 494 g/mol. The van der Waals surface area contributed by atoms with Crippen LogP contribution < -0.4 is 27.8 Å². The van der Waals surface area contributed by atoms with Gasteiger partial charge in [0, 0.05) is 48.2 Å². The van der Waals surface area contributed by atoms with E-state index in [2.05, 4.69) is 29.5 Å². The molecule has 1 saturated heterocycles. The highest BCUT2D eigenvalue weighted by Crippen LogP contribution is 2.27. The number of hydrogen-bond donors (Lipinski definition) is 5. The van der Waals surface area contributed by atoms with E-state index in [0.29, 0.717) is 23.6 Å². The summed E-state index contributed by atoms with van der Waals surface area (Å²) in [5, 5.41) is 8.10. The molecule has 194 valence electrons. The molecule has 1 aromatic heterocycles. The quantitative estimate of drug-likeness (QED) is 0.282. The van der Waals surface area contributed by atoms with Gasteiger partial charge >= 0.3 is 0 Å². The summed E-state index contributed by atoms with van der Waals surface area (Å²) in [5.74, 6) is 6.25. The lowest BCUT2D eigenvalue weighted by molar-refractivity contribution is 0.0950. The molecule has 2 heterocycles. The van der Waals surface area contributed by atoms with Crippen molar-refractivity contribution < 1.29 is 4.79 Å². The van der Waals surface area contributed by atoms with Gasteiger partial charge < -0.3 is 26.3 Å². The number of carbonyl (C=O) groups is 1. The van der Waals surface area contributed by atoms with E-state index in [-0.39, 0.29) is 24.1 Å². The molecular weight excluding hydrogens is 454 g/mol. The first kappa shape index (κ1) is 27.0. The summed E-state index contributed by atoms with van der Waals surface area (Å²) in [5.41, 5.74) is 12.4. The Hall–Kier alpha value is -3.56. The van der Waals surface area contributed by atoms with Gasteiger partial charge in [-0.05, 0) is 88.1 Å². The first-order chi connectivity index (χ1) is 17.0. The molecule has 9 heteroatoms. The van der Waals surface area contributed by atoms with Crippen LogP contribution in [-0.2, 0) is 6.54 Å². The van der Waals surface area contributed by atoms with Crippen LogP contribution in [0.1, 0.15) is 59.1 Å². The van der Waals surface area contributed by atoms with Gasteiger partial charge in [-0.2, -0.15) is 0 Å². The van der Waals surface area contributed by atoms with Crippen LogP contribution in [0.4, 0.5) is 5.69 Å². The maximum Gasteiger partial charge on any atom is 0.253 e. The number of pyridine rings is 1. The van der Waals surface area contributed by atoms with E-state index >= 15 is 0 Å². The van der Waals surface area contributed by atoms with Crippen LogP contribution in [0.5, 0.6) is 0 Å². The zero-order valence-electron chi connectivity index (χ0n) is 22.2. The van der Waals surface area contributed by atoms with Gasteiger partial charge in [0.15, 0.2) is 0 Å². The first-order valence-corrected chi connectivity index (χ1v) is 12.2. The molecule has 2 aromatic rings. The monoisotopic (exact) mass is 493 g/mol. The SMILES string of the molecule is C/C(=C\C=C(/N)N1CCN(N)C1)c1cc(NC(C)C)c(C)c(C(=O)NCc2c(C)cc(C)[nH]c2=O)c1. The largest absolute Gasteiger partial charge is 0.385 e. The summed E-state index contributed by atoms with van der Waals surface area (Å²) < 4.78 is 0. The normalized spacial score (nSPS) is 15.1. The molecule has 0 radical (unpaired) electrons. The number of aromatic nitrogens is 1. The third kappa shape index (κ3) is 6.56. The highest BCUT2D eigenvalue weighted by Gasteiger charge is 2.18. The van der Waals surface area contributed by atoms with Crippen molar-refractivity contribution in [1.29, 1.82) is 0 Å². The molecule has 0 atom stereocenters. The zero-order valence-corrected chi connectivity index (χ0v) is 22.2. The summed E-state index contributed by atoms with van der Waals surface area (Å²) in [6.07, 6.45) is 3.82. The second-order valence-electron chi connectivity index (χ2n) is 9.78. The Morgan fingerprint density at radius 3 is 2.50 bits per heavy atom. The number of hydrogen-bond acceptors (Lipinski definition) is 7. The number of H-pyrrole nitrogens is 1. The average Bonchev–Trinajstić information content (AvgIpc) is 3.23. The van der Waals surface area contributed by atoms with E-state index in [1.165, 1.54) is 0 Å². The summed E-state index contributed by atoms with van der Waals surface area (Å²) >= 11 is 0. The molecule has 36 heavy (non-hydrogen) atoms. The Bertz CT molecular complexity index is 1240. The molecule has 0 unspecified atom stereocenters. The van der Waals surface area contributed by atoms with Crippen molar-refractivity contribution >= 4 is 17.2 Å². The fourth-order valence-corrected chi connectivity index (χ4v) is 4.24. The number of aromatic amines is 1. The zero-order chi connectivity index (χ0) is 26.6. The number of nitrogens with one attached hydrogen (secondary N) is 3. The van der Waals surface area contributed by atoms with Crippen LogP contribution in [0.2, 0.25) is 0 Å². The minimum Gasteiger partial charge on any atom is -0.385 e. The lowest BCUT2D eigenvalue weighted by atomic mass is 9.97. The molecule has 0 bridgehead atoms. The van der Waals surface area contributed by atoms with E-state index in [1.807, 2.05) is 62.9 Å². The van der Waals surface area contributed by atoms with Crippen LogP contribution in [0.25, 0.3) is 5.57 Å². The molecule has 1 aromatic carbocycles. The topological polar surface area (TPSA) is 133 Å². The molecule has 7 N–H and O–H groups in total. The fourth-order valence-electron chi connectivity index (χ4n) is 4.24. The predicted molar refractivity (Wildman–Crippen MR) is 146 cm³/mol. The Morgan fingerprint density at radius 1 is 1.17 bits per heavy atom. The molecular formula is C27H39N7O2. The maximum absolute atomic E-state index is 13.3. The van der Waals surface area contributed by atoms with Crippen molar-refractivity contribution in [1.82, 2.24) is 20.2 Å². The molecule has 0 aliphatic carbocycles. The van der Waals surface area contributed by atoms with Crippen molar-refractivity contribution in [2.45, 2.75) is 54.1 Å². The second kappa shape index (κ2) is 11.5. The highest BCUT2D eigenvalue weighted by molar-refractivity contribution is 5.98. The summed E-state index contributed by atoms with van der Waals surface area (Å²) in [4.78, 5) is 30.5. The molecule has 9 nitrogen and oxygen atoms in total. The van der Waals surface area contributed by atoms with E-state index in [9.17, 15) is 9.59 Å². The Balaban J connectivity index is 1.90. The molecule has 1 aliphatic heterocycles. The van der Waals surface area contributed by atoms with Gasteiger partial charge in [-0.15, -0.1) is 0 Å². The smallest absolute Gasteiger partial charge is 0.253 e. The minimum absolute atomic E-state index is 0.152. The number of allylic oxidation sites excluding steroid dienone is 3. The van der Waals surface area contributed by atoms with E-state index in [0.717, 1.165) is 46.7 Å². The number of nitrogens with zero attached hydrogens (tertiary/aromatic N) is 2. The Labute approximate surface area is 213 Å². The van der Waals surface area contributed by atoms with Gasteiger partial charge in [-0.25, -0.2) is 5.01 Å². The summed E-state index contributed by atoms with van der Waals surface area (Å²) in [7, 11) is 0. The van der Waals surface area contributed by atoms with Crippen LogP contribution in [0.3, 0.4) is 0 Å². The summed E-state index contributed by atoms with van der Waals surface area (Å²) in [6.45, 7) is 14.0. The number of amides is 1. The second-order valence-corrected chi connectivity index (χ2v) is 9.78. The standard InChI is InChI=1S/C27H39N7O2/c1-16(2)31-24-13-21(17(3)7-8-25(28)33-9-10-34(29)15-33)12-22(20(24)6)26(35)30-14-23-18(4)11-19(5)32-27(23)36/h7-8,11-13,16,31H,9-10,14-15,28-29H2,1-6H3,(H,30,35)(H,32,36)/b17-7+,25-8+. The number of anilines is 1. The first-order valence-electron chi connectivity index (χ1n) is 12.2. The van der Waals surface area contributed by atoms with E-state index in [4.69, 9.17) is 11.6 Å². The van der Waals surface area contributed by atoms with E-state index < -0.39 is 0 Å². The lowest BCUT2D eigenvalue weighted by Gasteiger charge is -2.19. The minimum atomic E-state index is -0.233. The summed E-state index contributed by atoms with van der Waals surface area (Å²) in [6, 6.07) is 6.03. The van der Waals surface area contributed by atoms with Gasteiger partial charge in [0.05, 0.1) is 12.5 Å². The number of hydrazine groups is 1. The van der Waals surface area contributed by atoms with Crippen LogP contribution in [0.15, 0.2) is 41.0 Å². The number of carbonyl (C=O) groups excluding carboxylic acids is 1. The molecule has 0 saturated carbocycles. The van der Waals surface area contributed by atoms with Crippen molar-refractivity contribution in [2.75, 3.05) is 25.1 Å². The Morgan fingerprint density at radius 2 is 1.89 bits per heavy atom. The molecule has 3 rings (SSSR count). The number of nitrogens with two attached hydrogens (primary N) is 2. The van der Waals surface area contributed by atoms with Gasteiger partial charge in [0.1, 0.15) is 0 Å². The number of benzene rings is 1. The number of rotatable bonds is 8. The molecule has 1 amide bonds. The molecule has 1 aliphatic rings. The van der Waals surface area contributed by atoms with Crippen LogP contribution in [-0.4, -0.2) is 46.6 Å². The van der Waals surface area contributed by atoms with E-state index in [1.54, 1.807) is 5.01 Å². The van der Waals surface area contributed by atoms with Gasteiger partial charge in [0.25, 0.3) is 11.5 Å². The number of aryl methyl sites for hydroxylation is 2. The van der Waals surface area contributed by atoms with Crippen molar-refractivity contribution in [3.63, 3.8) is 0 Å². The highest BCUT2D eigenvalue weighted by atomic mass is 16.1.